The van der Waals surface area contributed by atoms with E-state index in [1.165, 1.54) is 6.20 Å². The van der Waals surface area contributed by atoms with Crippen LogP contribution >= 0.6 is 0 Å². The number of aromatic nitrogens is 3. The summed E-state index contributed by atoms with van der Waals surface area (Å²) in [7, 11) is 0. The van der Waals surface area contributed by atoms with Crippen LogP contribution in [0.5, 0.6) is 0 Å². The molecule has 0 radical (unpaired) electrons. The quantitative estimate of drug-likeness (QED) is 0.851. The monoisotopic (exact) mass is 343 g/mol. The third-order valence-electron chi connectivity index (χ3n) is 4.55. The molecule has 7 nitrogen and oxygen atoms in total. The number of piperazine rings is 1. The third kappa shape index (κ3) is 3.87. The van der Waals surface area contributed by atoms with Crippen LogP contribution < -0.4 is 0 Å². The Kier molecular flexibility index (Phi) is 4.85. The summed E-state index contributed by atoms with van der Waals surface area (Å²) in [6, 6.07) is 0.0878. The minimum atomic E-state index is -0.0634. The van der Waals surface area contributed by atoms with Gasteiger partial charge in [-0.25, -0.2) is 9.97 Å². The van der Waals surface area contributed by atoms with E-state index in [1.54, 1.807) is 12.4 Å². The van der Waals surface area contributed by atoms with E-state index < -0.39 is 0 Å². The number of hydrogen-bond acceptors (Lipinski definition) is 6. The molecule has 0 spiro atoms. The first-order valence-corrected chi connectivity index (χ1v) is 8.62. The zero-order chi connectivity index (χ0) is 18.0. The zero-order valence-corrected chi connectivity index (χ0v) is 15.3. The van der Waals surface area contributed by atoms with Crippen LogP contribution in [-0.4, -0.2) is 56.8 Å². The van der Waals surface area contributed by atoms with Crippen molar-refractivity contribution in [2.75, 3.05) is 26.2 Å². The lowest BCUT2D eigenvalue weighted by Crippen LogP contribution is -2.49. The SMILES string of the molecule is CC(c1ncc(C(C)(C)C)o1)N1CCN(C(=O)c2cnccn2)CC1. The summed E-state index contributed by atoms with van der Waals surface area (Å²) in [5, 5.41) is 0. The lowest BCUT2D eigenvalue weighted by atomic mass is 9.94. The van der Waals surface area contributed by atoms with Crippen molar-refractivity contribution in [3.8, 4) is 0 Å². The van der Waals surface area contributed by atoms with Crippen molar-refractivity contribution < 1.29 is 9.21 Å². The second-order valence-corrected chi connectivity index (χ2v) is 7.41. The Balaban J connectivity index is 1.60. The standard InChI is InChI=1S/C18H25N5O2/c1-13(16-21-12-15(25-16)18(2,3)4)22-7-9-23(10-8-22)17(24)14-11-19-5-6-20-14/h5-6,11-13H,7-10H2,1-4H3. The summed E-state index contributed by atoms with van der Waals surface area (Å²) in [5.74, 6) is 1.57. The fraction of sp³-hybridized carbons (Fsp3) is 0.556. The van der Waals surface area contributed by atoms with Gasteiger partial charge in [0.25, 0.3) is 5.91 Å². The van der Waals surface area contributed by atoms with Crippen LogP contribution in [0, 0.1) is 0 Å². The zero-order valence-electron chi connectivity index (χ0n) is 15.3. The van der Waals surface area contributed by atoms with Crippen molar-refractivity contribution >= 4 is 5.91 Å². The lowest BCUT2D eigenvalue weighted by molar-refractivity contribution is 0.0550. The summed E-state index contributed by atoms with van der Waals surface area (Å²) in [4.78, 5) is 29.1. The average Bonchev–Trinajstić information content (AvgIpc) is 3.12. The van der Waals surface area contributed by atoms with E-state index in [1.807, 2.05) is 11.1 Å². The first-order valence-electron chi connectivity index (χ1n) is 8.62. The molecule has 0 saturated carbocycles. The number of carbonyl (C=O) groups is 1. The van der Waals surface area contributed by atoms with E-state index in [0.717, 1.165) is 24.7 Å². The lowest BCUT2D eigenvalue weighted by Gasteiger charge is -2.36. The van der Waals surface area contributed by atoms with Gasteiger partial charge in [-0.15, -0.1) is 0 Å². The van der Waals surface area contributed by atoms with Crippen LogP contribution in [0.3, 0.4) is 0 Å². The smallest absolute Gasteiger partial charge is 0.274 e. The maximum Gasteiger partial charge on any atom is 0.274 e. The van der Waals surface area contributed by atoms with Crippen LogP contribution in [-0.2, 0) is 5.41 Å². The predicted octanol–water partition coefficient (Wildman–Crippen LogP) is 2.28. The van der Waals surface area contributed by atoms with Gasteiger partial charge in [-0.05, 0) is 6.92 Å². The average molecular weight is 343 g/mol. The van der Waals surface area contributed by atoms with Gasteiger partial charge in [0.15, 0.2) is 0 Å². The highest BCUT2D eigenvalue weighted by Gasteiger charge is 2.29. The fourth-order valence-electron chi connectivity index (χ4n) is 2.87. The van der Waals surface area contributed by atoms with E-state index in [0.29, 0.717) is 18.8 Å². The molecule has 7 heteroatoms. The van der Waals surface area contributed by atoms with Crippen molar-refractivity contribution in [1.29, 1.82) is 0 Å². The highest BCUT2D eigenvalue weighted by atomic mass is 16.4. The third-order valence-corrected chi connectivity index (χ3v) is 4.55. The topological polar surface area (TPSA) is 75.4 Å². The molecule has 1 saturated heterocycles. The number of carbonyl (C=O) groups excluding carboxylic acids is 1. The van der Waals surface area contributed by atoms with Crippen LogP contribution in [0.15, 0.2) is 29.2 Å². The van der Waals surface area contributed by atoms with Gasteiger partial charge in [-0.1, -0.05) is 20.8 Å². The molecule has 2 aromatic rings. The van der Waals surface area contributed by atoms with Gasteiger partial charge in [-0.3, -0.25) is 14.7 Å². The van der Waals surface area contributed by atoms with Crippen LogP contribution in [0.25, 0.3) is 0 Å². The van der Waals surface area contributed by atoms with E-state index in [9.17, 15) is 4.79 Å². The van der Waals surface area contributed by atoms with Crippen LogP contribution in [0.4, 0.5) is 0 Å². The van der Waals surface area contributed by atoms with Crippen molar-refractivity contribution in [1.82, 2.24) is 24.8 Å². The normalized spacial score (nSPS) is 17.5. The minimum absolute atomic E-state index is 0.0488. The maximum atomic E-state index is 12.4. The van der Waals surface area contributed by atoms with E-state index in [-0.39, 0.29) is 17.4 Å². The van der Waals surface area contributed by atoms with Crippen LogP contribution in [0.2, 0.25) is 0 Å². The summed E-state index contributed by atoms with van der Waals surface area (Å²) < 4.78 is 5.96. The minimum Gasteiger partial charge on any atom is -0.443 e. The Labute approximate surface area is 148 Å². The highest BCUT2D eigenvalue weighted by Crippen LogP contribution is 2.27. The Hall–Kier alpha value is -2.28. The van der Waals surface area contributed by atoms with Gasteiger partial charge < -0.3 is 9.32 Å². The summed E-state index contributed by atoms with van der Waals surface area (Å²) in [5.41, 5.74) is 0.346. The van der Waals surface area contributed by atoms with Gasteiger partial charge in [0, 0.05) is 44.0 Å². The number of nitrogens with zero attached hydrogens (tertiary/aromatic N) is 5. The summed E-state index contributed by atoms with van der Waals surface area (Å²) in [6.45, 7) is 11.3. The number of oxazole rings is 1. The Bertz CT molecular complexity index is 715. The Morgan fingerprint density at radius 3 is 2.40 bits per heavy atom. The molecule has 25 heavy (non-hydrogen) atoms. The van der Waals surface area contributed by atoms with Crippen molar-refractivity contribution in [3.05, 3.63) is 42.1 Å². The van der Waals surface area contributed by atoms with E-state index in [2.05, 4.69) is 47.5 Å². The maximum absolute atomic E-state index is 12.4. The molecule has 1 aliphatic rings. The first-order chi connectivity index (χ1) is 11.9. The van der Waals surface area contributed by atoms with E-state index in [4.69, 9.17) is 4.42 Å². The largest absolute Gasteiger partial charge is 0.443 e. The molecule has 1 aliphatic heterocycles. The Morgan fingerprint density at radius 1 is 1.12 bits per heavy atom. The van der Waals surface area contributed by atoms with Gasteiger partial charge in [0.1, 0.15) is 11.5 Å². The summed E-state index contributed by atoms with van der Waals surface area (Å²) in [6.07, 6.45) is 6.44. The first kappa shape index (κ1) is 17.5. The highest BCUT2D eigenvalue weighted by molar-refractivity contribution is 5.92. The molecular formula is C18H25N5O2. The molecular weight excluding hydrogens is 318 g/mol. The number of rotatable bonds is 3. The molecule has 1 unspecified atom stereocenters. The summed E-state index contributed by atoms with van der Waals surface area (Å²) >= 11 is 0. The predicted molar refractivity (Wildman–Crippen MR) is 93.1 cm³/mol. The van der Waals surface area contributed by atoms with Gasteiger partial charge >= 0.3 is 0 Å². The van der Waals surface area contributed by atoms with Crippen molar-refractivity contribution in [3.63, 3.8) is 0 Å². The molecule has 0 bridgehead atoms. The molecule has 3 rings (SSSR count). The molecule has 0 aliphatic carbocycles. The van der Waals surface area contributed by atoms with Gasteiger partial charge in [-0.2, -0.15) is 0 Å². The molecule has 1 amide bonds. The van der Waals surface area contributed by atoms with Gasteiger partial charge in [0.05, 0.1) is 18.4 Å². The molecule has 0 N–H and O–H groups in total. The molecule has 0 aromatic carbocycles. The van der Waals surface area contributed by atoms with Crippen molar-refractivity contribution in [2.45, 2.75) is 39.2 Å². The molecule has 1 atom stereocenters. The molecule has 134 valence electrons. The Morgan fingerprint density at radius 2 is 1.84 bits per heavy atom. The molecule has 1 fully saturated rings. The second-order valence-electron chi connectivity index (χ2n) is 7.41. The number of hydrogen-bond donors (Lipinski definition) is 0. The second kappa shape index (κ2) is 6.92. The fourth-order valence-corrected chi connectivity index (χ4v) is 2.87. The van der Waals surface area contributed by atoms with Crippen LogP contribution in [0.1, 0.15) is 55.9 Å². The van der Waals surface area contributed by atoms with Gasteiger partial charge in [0.2, 0.25) is 5.89 Å². The van der Waals surface area contributed by atoms with E-state index >= 15 is 0 Å². The number of amides is 1. The van der Waals surface area contributed by atoms with Crippen molar-refractivity contribution in [2.24, 2.45) is 0 Å². The molecule has 2 aromatic heterocycles. The molecule has 3 heterocycles.